The topological polar surface area (TPSA) is 90.4 Å². The van der Waals surface area contributed by atoms with Gasteiger partial charge in [0.15, 0.2) is 0 Å². The van der Waals surface area contributed by atoms with Crippen LogP contribution in [-0.4, -0.2) is 47.4 Å². The number of carbonyl (C=O) groups excluding carboxylic acids is 2. The number of nitrogens with one attached hydrogen (secondary N) is 3. The van der Waals surface area contributed by atoms with Crippen LogP contribution >= 0.6 is 0 Å². The van der Waals surface area contributed by atoms with Crippen molar-refractivity contribution < 1.29 is 14.0 Å². The molecule has 4 rings (SSSR count). The Hall–Kier alpha value is -3.06. The number of H-pyrrole nitrogens is 1. The lowest BCUT2D eigenvalue weighted by Crippen LogP contribution is -2.49. The standard InChI is InChI=1S/C24H30N4O3/c1-17(29)27-21(14-18-15-25-20-9-4-3-8-19(18)20)24(30)26-16-22(23-10-7-13-31-23)28-11-5-2-6-12-28/h3-4,7-10,13,15,21-22,25H,2,5-6,11-12,14,16H2,1H3,(H,26,30)(H,27,29)/t21-,22-/m0/s1. The second-order valence-electron chi connectivity index (χ2n) is 8.19. The Labute approximate surface area is 182 Å². The van der Waals surface area contributed by atoms with Gasteiger partial charge in [-0.25, -0.2) is 0 Å². The summed E-state index contributed by atoms with van der Waals surface area (Å²) >= 11 is 0. The minimum absolute atomic E-state index is 0.00897. The number of rotatable bonds is 8. The number of fused-ring (bicyclic) bond motifs is 1. The fourth-order valence-electron chi connectivity index (χ4n) is 4.42. The van der Waals surface area contributed by atoms with Crippen LogP contribution in [0.1, 0.15) is 43.6 Å². The molecule has 164 valence electrons. The van der Waals surface area contributed by atoms with E-state index in [1.807, 2.05) is 42.6 Å². The number of aromatic nitrogens is 1. The zero-order valence-electron chi connectivity index (χ0n) is 17.9. The van der Waals surface area contributed by atoms with E-state index in [-0.39, 0.29) is 17.9 Å². The van der Waals surface area contributed by atoms with Gasteiger partial charge in [0.2, 0.25) is 11.8 Å². The van der Waals surface area contributed by atoms with Gasteiger partial charge in [0.1, 0.15) is 11.8 Å². The van der Waals surface area contributed by atoms with Gasteiger partial charge in [0.25, 0.3) is 0 Å². The number of hydrogen-bond donors (Lipinski definition) is 3. The van der Waals surface area contributed by atoms with E-state index in [0.717, 1.165) is 48.2 Å². The third-order valence-electron chi connectivity index (χ3n) is 5.97. The molecule has 3 aromatic rings. The lowest BCUT2D eigenvalue weighted by atomic mass is 10.0. The molecule has 0 bridgehead atoms. The van der Waals surface area contributed by atoms with Crippen molar-refractivity contribution in [2.24, 2.45) is 0 Å². The molecule has 31 heavy (non-hydrogen) atoms. The average molecular weight is 423 g/mol. The molecule has 2 aromatic heterocycles. The molecule has 3 N–H and O–H groups in total. The third-order valence-corrected chi connectivity index (χ3v) is 5.97. The van der Waals surface area contributed by atoms with E-state index in [0.29, 0.717) is 13.0 Å². The van der Waals surface area contributed by atoms with Crippen molar-refractivity contribution in [1.82, 2.24) is 20.5 Å². The molecule has 3 heterocycles. The Morgan fingerprint density at radius 3 is 2.68 bits per heavy atom. The molecule has 1 aliphatic rings. The van der Waals surface area contributed by atoms with Crippen molar-refractivity contribution in [2.75, 3.05) is 19.6 Å². The Balaban J connectivity index is 1.46. The Kier molecular flexibility index (Phi) is 6.72. The van der Waals surface area contributed by atoms with Gasteiger partial charge in [-0.1, -0.05) is 24.6 Å². The molecule has 1 aromatic carbocycles. The summed E-state index contributed by atoms with van der Waals surface area (Å²) in [4.78, 5) is 30.5. The number of likely N-dealkylation sites (tertiary alicyclic amines) is 1. The molecule has 7 heteroatoms. The van der Waals surface area contributed by atoms with Gasteiger partial charge in [-0.3, -0.25) is 14.5 Å². The van der Waals surface area contributed by atoms with Crippen molar-refractivity contribution in [2.45, 2.75) is 44.7 Å². The minimum atomic E-state index is -0.643. The van der Waals surface area contributed by atoms with Crippen LogP contribution < -0.4 is 10.6 Å². The first-order chi connectivity index (χ1) is 15.1. The number of benzene rings is 1. The van der Waals surface area contributed by atoms with Crippen LogP contribution in [0.3, 0.4) is 0 Å². The first-order valence-corrected chi connectivity index (χ1v) is 11.0. The molecule has 0 unspecified atom stereocenters. The van der Waals surface area contributed by atoms with E-state index in [1.54, 1.807) is 6.26 Å². The van der Waals surface area contributed by atoms with Crippen LogP contribution in [-0.2, 0) is 16.0 Å². The minimum Gasteiger partial charge on any atom is -0.468 e. The molecular formula is C24H30N4O3. The van der Waals surface area contributed by atoms with Crippen LogP contribution in [0.15, 0.2) is 53.3 Å². The summed E-state index contributed by atoms with van der Waals surface area (Å²) in [5.74, 6) is 0.447. The van der Waals surface area contributed by atoms with Gasteiger partial charge in [-0.05, 0) is 49.7 Å². The second kappa shape index (κ2) is 9.83. The van der Waals surface area contributed by atoms with E-state index < -0.39 is 6.04 Å². The fourth-order valence-corrected chi connectivity index (χ4v) is 4.42. The van der Waals surface area contributed by atoms with Crippen molar-refractivity contribution in [3.8, 4) is 0 Å². The average Bonchev–Trinajstić information content (AvgIpc) is 3.44. The number of furan rings is 1. The lowest BCUT2D eigenvalue weighted by Gasteiger charge is -2.33. The van der Waals surface area contributed by atoms with Gasteiger partial charge < -0.3 is 20.0 Å². The molecule has 1 saturated heterocycles. The molecule has 2 amide bonds. The zero-order valence-corrected chi connectivity index (χ0v) is 17.9. The summed E-state index contributed by atoms with van der Waals surface area (Å²) in [6.45, 7) is 3.86. The maximum Gasteiger partial charge on any atom is 0.242 e. The summed E-state index contributed by atoms with van der Waals surface area (Å²) in [6, 6.07) is 11.1. The van der Waals surface area contributed by atoms with Crippen LogP contribution in [0.25, 0.3) is 10.9 Å². The fraction of sp³-hybridized carbons (Fsp3) is 0.417. The van der Waals surface area contributed by atoms with Gasteiger partial charge >= 0.3 is 0 Å². The quantitative estimate of drug-likeness (QED) is 0.520. The monoisotopic (exact) mass is 422 g/mol. The molecule has 0 spiro atoms. The molecule has 1 fully saturated rings. The molecule has 1 aliphatic heterocycles. The van der Waals surface area contributed by atoms with Crippen molar-refractivity contribution in [3.63, 3.8) is 0 Å². The lowest BCUT2D eigenvalue weighted by molar-refractivity contribution is -0.128. The van der Waals surface area contributed by atoms with Crippen LogP contribution in [0, 0.1) is 0 Å². The van der Waals surface area contributed by atoms with E-state index in [4.69, 9.17) is 4.42 Å². The SMILES string of the molecule is CC(=O)N[C@@H](Cc1c[nH]c2ccccc12)C(=O)NC[C@@H](c1ccco1)N1CCCCC1. The Morgan fingerprint density at radius 2 is 1.94 bits per heavy atom. The number of hydrogen-bond acceptors (Lipinski definition) is 4. The number of amides is 2. The summed E-state index contributed by atoms with van der Waals surface area (Å²) in [6.07, 6.45) is 7.55. The Bertz CT molecular complexity index is 1000. The van der Waals surface area contributed by atoms with Gasteiger partial charge in [-0.2, -0.15) is 0 Å². The van der Waals surface area contributed by atoms with Gasteiger partial charge in [-0.15, -0.1) is 0 Å². The van der Waals surface area contributed by atoms with E-state index in [1.165, 1.54) is 13.3 Å². The largest absolute Gasteiger partial charge is 0.468 e. The predicted octanol–water partition coefficient (Wildman–Crippen LogP) is 3.15. The summed E-state index contributed by atoms with van der Waals surface area (Å²) < 4.78 is 5.67. The van der Waals surface area contributed by atoms with Crippen LogP contribution in [0.5, 0.6) is 0 Å². The zero-order chi connectivity index (χ0) is 21.6. The number of nitrogens with zero attached hydrogens (tertiary/aromatic N) is 1. The first-order valence-electron chi connectivity index (χ1n) is 11.0. The summed E-state index contributed by atoms with van der Waals surface area (Å²) in [5, 5.41) is 6.95. The summed E-state index contributed by atoms with van der Waals surface area (Å²) in [5.41, 5.74) is 2.02. The highest BCUT2D eigenvalue weighted by molar-refractivity contribution is 5.89. The van der Waals surface area contributed by atoms with Gasteiger partial charge in [0.05, 0.1) is 12.3 Å². The number of piperidine rings is 1. The van der Waals surface area contributed by atoms with E-state index in [9.17, 15) is 9.59 Å². The molecule has 7 nitrogen and oxygen atoms in total. The highest BCUT2D eigenvalue weighted by Crippen LogP contribution is 2.25. The van der Waals surface area contributed by atoms with E-state index in [2.05, 4.69) is 20.5 Å². The summed E-state index contributed by atoms with van der Waals surface area (Å²) in [7, 11) is 0. The molecule has 2 atom stereocenters. The van der Waals surface area contributed by atoms with Crippen LogP contribution in [0.4, 0.5) is 0 Å². The third kappa shape index (κ3) is 5.17. The maximum atomic E-state index is 13.1. The first kappa shape index (κ1) is 21.2. The van der Waals surface area contributed by atoms with Crippen molar-refractivity contribution >= 4 is 22.7 Å². The number of para-hydroxylation sites is 1. The predicted molar refractivity (Wildman–Crippen MR) is 119 cm³/mol. The second-order valence-corrected chi connectivity index (χ2v) is 8.19. The molecular weight excluding hydrogens is 392 g/mol. The van der Waals surface area contributed by atoms with E-state index >= 15 is 0 Å². The van der Waals surface area contributed by atoms with Crippen molar-refractivity contribution in [3.05, 3.63) is 60.2 Å². The Morgan fingerprint density at radius 1 is 1.13 bits per heavy atom. The van der Waals surface area contributed by atoms with Crippen molar-refractivity contribution in [1.29, 1.82) is 0 Å². The highest BCUT2D eigenvalue weighted by atomic mass is 16.3. The highest BCUT2D eigenvalue weighted by Gasteiger charge is 2.27. The molecule has 0 saturated carbocycles. The number of aromatic amines is 1. The number of carbonyl (C=O) groups is 2. The maximum absolute atomic E-state index is 13.1. The molecule has 0 aliphatic carbocycles. The normalized spacial score (nSPS) is 16.7. The smallest absolute Gasteiger partial charge is 0.242 e. The molecule has 0 radical (unpaired) electrons. The van der Waals surface area contributed by atoms with Crippen LogP contribution in [0.2, 0.25) is 0 Å². The van der Waals surface area contributed by atoms with Gasteiger partial charge in [0, 0.05) is 37.0 Å².